The van der Waals surface area contributed by atoms with E-state index < -0.39 is 0 Å². The minimum Gasteiger partial charge on any atom is -0.373 e. The van der Waals surface area contributed by atoms with E-state index in [1.54, 1.807) is 11.3 Å². The van der Waals surface area contributed by atoms with Gasteiger partial charge in [0, 0.05) is 22.8 Å². The van der Waals surface area contributed by atoms with Crippen molar-refractivity contribution in [2.45, 2.75) is 20.3 Å². The maximum atomic E-state index is 4.59. The van der Waals surface area contributed by atoms with Gasteiger partial charge in [0.2, 0.25) is 0 Å². The van der Waals surface area contributed by atoms with Crippen molar-refractivity contribution in [3.63, 3.8) is 0 Å². The van der Waals surface area contributed by atoms with Crippen LogP contribution in [0.4, 0.5) is 5.82 Å². The van der Waals surface area contributed by atoms with E-state index in [1.165, 1.54) is 5.56 Å². The van der Waals surface area contributed by atoms with E-state index in [-0.39, 0.29) is 0 Å². The molecule has 6 heteroatoms. The summed E-state index contributed by atoms with van der Waals surface area (Å²) in [6, 6.07) is 2.04. The summed E-state index contributed by atoms with van der Waals surface area (Å²) in [5.74, 6) is 1.69. The van der Waals surface area contributed by atoms with Gasteiger partial charge in [0.05, 0.1) is 8.66 Å². The first-order valence-electron chi connectivity index (χ1n) is 5.57. The van der Waals surface area contributed by atoms with Crippen LogP contribution in [0.2, 0.25) is 0 Å². The smallest absolute Gasteiger partial charge is 0.171 e. The standard InChI is InChI=1S/C12H13Br2N3S/c1-4-7-6(2)16-12(17-11(7)15-3)9-5-8(13)10(14)18-9/h5H,4H2,1-3H3,(H,15,16,17). The third-order valence-electron chi connectivity index (χ3n) is 2.67. The van der Waals surface area contributed by atoms with Crippen LogP contribution >= 0.6 is 43.2 Å². The Balaban J connectivity index is 2.55. The van der Waals surface area contributed by atoms with Gasteiger partial charge in [0.25, 0.3) is 0 Å². The number of aromatic nitrogens is 2. The van der Waals surface area contributed by atoms with Gasteiger partial charge in [-0.05, 0) is 51.3 Å². The molecule has 0 saturated carbocycles. The monoisotopic (exact) mass is 389 g/mol. The number of halogens is 2. The third-order valence-corrected chi connectivity index (χ3v) is 5.92. The maximum Gasteiger partial charge on any atom is 0.171 e. The molecule has 18 heavy (non-hydrogen) atoms. The SMILES string of the molecule is CCc1c(C)nc(-c2cc(Br)c(Br)s2)nc1NC. The van der Waals surface area contributed by atoms with Crippen LogP contribution in [0.3, 0.4) is 0 Å². The summed E-state index contributed by atoms with van der Waals surface area (Å²) in [5.41, 5.74) is 2.21. The van der Waals surface area contributed by atoms with Gasteiger partial charge in [-0.3, -0.25) is 0 Å². The second-order valence-corrected chi connectivity index (χ2v) is 7.02. The van der Waals surface area contributed by atoms with Crippen molar-refractivity contribution in [1.82, 2.24) is 9.97 Å². The number of rotatable bonds is 3. The largest absolute Gasteiger partial charge is 0.373 e. The molecule has 3 nitrogen and oxygen atoms in total. The Morgan fingerprint density at radius 2 is 2.06 bits per heavy atom. The molecule has 0 bridgehead atoms. The molecule has 2 rings (SSSR count). The molecule has 0 aliphatic heterocycles. The second-order valence-electron chi connectivity index (χ2n) is 3.80. The first kappa shape index (κ1) is 14.0. The summed E-state index contributed by atoms with van der Waals surface area (Å²) < 4.78 is 2.10. The van der Waals surface area contributed by atoms with Crippen molar-refractivity contribution in [1.29, 1.82) is 0 Å². The van der Waals surface area contributed by atoms with Gasteiger partial charge in [0.1, 0.15) is 5.82 Å². The minimum absolute atomic E-state index is 0.769. The van der Waals surface area contributed by atoms with Gasteiger partial charge < -0.3 is 5.32 Å². The third kappa shape index (κ3) is 2.60. The van der Waals surface area contributed by atoms with Crippen molar-refractivity contribution in [2.24, 2.45) is 0 Å². The molecular formula is C12H13Br2N3S. The highest BCUT2D eigenvalue weighted by Gasteiger charge is 2.13. The Labute approximate surface area is 127 Å². The fraction of sp³-hybridized carbons (Fsp3) is 0.333. The molecule has 0 amide bonds. The molecule has 0 spiro atoms. The first-order chi connectivity index (χ1) is 8.56. The zero-order valence-electron chi connectivity index (χ0n) is 10.3. The van der Waals surface area contributed by atoms with Crippen LogP contribution in [0.25, 0.3) is 10.7 Å². The summed E-state index contributed by atoms with van der Waals surface area (Å²) in [7, 11) is 1.89. The van der Waals surface area contributed by atoms with E-state index in [0.717, 1.165) is 36.9 Å². The summed E-state index contributed by atoms with van der Waals surface area (Å²) in [6.45, 7) is 4.15. The van der Waals surface area contributed by atoms with Crippen LogP contribution in [0.1, 0.15) is 18.2 Å². The van der Waals surface area contributed by atoms with E-state index in [9.17, 15) is 0 Å². The Hall–Kier alpha value is -0.460. The molecule has 0 aliphatic rings. The van der Waals surface area contributed by atoms with Gasteiger partial charge in [0.15, 0.2) is 5.82 Å². The van der Waals surface area contributed by atoms with Gasteiger partial charge in [-0.15, -0.1) is 11.3 Å². The molecule has 2 aromatic rings. The van der Waals surface area contributed by atoms with Crippen LogP contribution in [-0.2, 0) is 6.42 Å². The second kappa shape index (κ2) is 5.67. The molecule has 0 radical (unpaired) electrons. The molecule has 96 valence electrons. The zero-order chi connectivity index (χ0) is 13.3. The van der Waals surface area contributed by atoms with Gasteiger partial charge in [-0.25, -0.2) is 9.97 Å². The number of hydrogen-bond donors (Lipinski definition) is 1. The molecule has 0 atom stereocenters. The minimum atomic E-state index is 0.769. The van der Waals surface area contributed by atoms with E-state index >= 15 is 0 Å². The van der Waals surface area contributed by atoms with Crippen LogP contribution in [-0.4, -0.2) is 17.0 Å². The zero-order valence-corrected chi connectivity index (χ0v) is 14.3. The van der Waals surface area contributed by atoms with Crippen molar-refractivity contribution < 1.29 is 0 Å². The fourth-order valence-corrected chi connectivity index (χ4v) is 3.76. The predicted octanol–water partition coefficient (Wildman–Crippen LogP) is 4.64. The number of hydrogen-bond acceptors (Lipinski definition) is 4. The van der Waals surface area contributed by atoms with Crippen LogP contribution in [0.5, 0.6) is 0 Å². The van der Waals surface area contributed by atoms with E-state index in [2.05, 4.69) is 54.1 Å². The van der Waals surface area contributed by atoms with Crippen LogP contribution in [0, 0.1) is 6.92 Å². The molecule has 1 N–H and O–H groups in total. The molecule has 2 heterocycles. The number of aryl methyl sites for hydroxylation is 1. The average Bonchev–Trinajstić information content (AvgIpc) is 2.68. The lowest BCUT2D eigenvalue weighted by Crippen LogP contribution is -2.04. The number of anilines is 1. The molecule has 0 aliphatic carbocycles. The summed E-state index contributed by atoms with van der Waals surface area (Å²) in [5, 5.41) is 3.15. The molecule has 0 fully saturated rings. The number of thiophene rings is 1. The fourth-order valence-electron chi connectivity index (χ4n) is 1.79. The summed E-state index contributed by atoms with van der Waals surface area (Å²) in [4.78, 5) is 10.2. The van der Waals surface area contributed by atoms with Gasteiger partial charge in [-0.1, -0.05) is 6.92 Å². The maximum absolute atomic E-state index is 4.59. The van der Waals surface area contributed by atoms with E-state index in [4.69, 9.17) is 0 Å². The van der Waals surface area contributed by atoms with Crippen LogP contribution < -0.4 is 5.32 Å². The molecule has 0 saturated heterocycles. The predicted molar refractivity (Wildman–Crippen MR) is 84.4 cm³/mol. The highest BCUT2D eigenvalue weighted by atomic mass is 79.9. The van der Waals surface area contributed by atoms with Gasteiger partial charge in [-0.2, -0.15) is 0 Å². The Kier molecular flexibility index (Phi) is 4.40. The van der Waals surface area contributed by atoms with E-state index in [0.29, 0.717) is 0 Å². The number of nitrogens with one attached hydrogen (secondary N) is 1. The Morgan fingerprint density at radius 1 is 1.33 bits per heavy atom. The Bertz CT molecular complexity index is 561. The lowest BCUT2D eigenvalue weighted by atomic mass is 10.1. The highest BCUT2D eigenvalue weighted by Crippen LogP contribution is 2.37. The highest BCUT2D eigenvalue weighted by molar-refractivity contribution is 9.13. The van der Waals surface area contributed by atoms with Crippen LogP contribution in [0.15, 0.2) is 14.3 Å². The molecule has 0 aromatic carbocycles. The van der Waals surface area contributed by atoms with E-state index in [1.807, 2.05) is 20.0 Å². The summed E-state index contributed by atoms with van der Waals surface area (Å²) in [6.07, 6.45) is 0.931. The molecular weight excluding hydrogens is 378 g/mol. The van der Waals surface area contributed by atoms with Crippen molar-refractivity contribution in [3.8, 4) is 10.7 Å². The quantitative estimate of drug-likeness (QED) is 0.829. The Morgan fingerprint density at radius 3 is 2.56 bits per heavy atom. The van der Waals surface area contributed by atoms with Crippen molar-refractivity contribution >= 4 is 49.0 Å². The lowest BCUT2D eigenvalue weighted by Gasteiger charge is -2.10. The van der Waals surface area contributed by atoms with Crippen molar-refractivity contribution in [2.75, 3.05) is 12.4 Å². The van der Waals surface area contributed by atoms with Crippen molar-refractivity contribution in [3.05, 3.63) is 25.6 Å². The first-order valence-corrected chi connectivity index (χ1v) is 7.97. The number of nitrogens with zero attached hydrogens (tertiary/aromatic N) is 2. The lowest BCUT2D eigenvalue weighted by molar-refractivity contribution is 1.00. The normalized spacial score (nSPS) is 10.7. The van der Waals surface area contributed by atoms with Gasteiger partial charge >= 0.3 is 0 Å². The molecule has 0 unspecified atom stereocenters. The summed E-state index contributed by atoms with van der Waals surface area (Å²) >= 11 is 8.61. The molecule has 2 aromatic heterocycles. The topological polar surface area (TPSA) is 37.8 Å². The average molecular weight is 391 g/mol.